The summed E-state index contributed by atoms with van der Waals surface area (Å²) in [5, 5.41) is 14.9. The van der Waals surface area contributed by atoms with E-state index in [0.717, 1.165) is 22.0 Å². The number of furan rings is 1. The highest BCUT2D eigenvalue weighted by atomic mass is 32.1. The summed E-state index contributed by atoms with van der Waals surface area (Å²) in [5.41, 5.74) is 1.85. The zero-order valence-corrected chi connectivity index (χ0v) is 17.3. The largest absolute Gasteiger partial charge is 0.469 e. The lowest BCUT2D eigenvalue weighted by Gasteiger charge is -2.12. The zero-order valence-electron chi connectivity index (χ0n) is 16.5. The van der Waals surface area contributed by atoms with Gasteiger partial charge in [-0.25, -0.2) is 0 Å². The number of nitrogens with one attached hydrogen (secondary N) is 2. The van der Waals surface area contributed by atoms with Crippen LogP contribution >= 0.6 is 11.3 Å². The summed E-state index contributed by atoms with van der Waals surface area (Å²) in [6.45, 7) is 3.94. The molecule has 29 heavy (non-hydrogen) atoms. The van der Waals surface area contributed by atoms with E-state index in [4.69, 9.17) is 4.42 Å². The Balaban J connectivity index is 1.40. The molecule has 0 fully saturated rings. The van der Waals surface area contributed by atoms with Crippen molar-refractivity contribution >= 4 is 28.8 Å². The zero-order chi connectivity index (χ0) is 20.6. The highest BCUT2D eigenvalue weighted by Crippen LogP contribution is 2.16. The molecule has 1 atom stereocenters. The summed E-state index contributed by atoms with van der Waals surface area (Å²) in [5.74, 6) is 0.566. The van der Waals surface area contributed by atoms with Crippen LogP contribution in [-0.2, 0) is 17.6 Å². The van der Waals surface area contributed by atoms with E-state index in [9.17, 15) is 9.59 Å². The average molecular weight is 413 g/mol. The molecule has 3 rings (SSSR count). The van der Waals surface area contributed by atoms with Crippen molar-refractivity contribution in [2.45, 2.75) is 45.6 Å². The van der Waals surface area contributed by atoms with Crippen LogP contribution in [0.2, 0.25) is 0 Å². The number of aromatic nitrogens is 2. The third-order valence-electron chi connectivity index (χ3n) is 4.26. The van der Waals surface area contributed by atoms with Crippen molar-refractivity contribution < 1.29 is 14.0 Å². The highest BCUT2D eigenvalue weighted by molar-refractivity contribution is 7.13. The summed E-state index contributed by atoms with van der Waals surface area (Å²) >= 11 is 1.25. The lowest BCUT2D eigenvalue weighted by Crippen LogP contribution is -2.33. The van der Waals surface area contributed by atoms with Gasteiger partial charge in [-0.3, -0.25) is 9.59 Å². The number of amides is 2. The Bertz CT molecular complexity index is 935. The molecule has 0 spiro atoms. The molecule has 0 aliphatic rings. The van der Waals surface area contributed by atoms with Gasteiger partial charge in [0.1, 0.15) is 10.8 Å². The standard InChI is InChI=1S/C21H24N4O3S/c1-14-8-10-16(11-9-14)23-20(27)21-25-24-19(29-21)7-3-6-18(26)22-15(2)13-17-5-4-12-28-17/h4-5,8-12,15H,3,6-7,13H2,1-2H3,(H,22,26)(H,23,27). The Morgan fingerprint density at radius 1 is 1.17 bits per heavy atom. The number of rotatable bonds is 9. The second-order valence-corrected chi connectivity index (χ2v) is 7.99. The van der Waals surface area contributed by atoms with Crippen LogP contribution in [0.15, 0.2) is 47.1 Å². The first kappa shape index (κ1) is 20.7. The van der Waals surface area contributed by atoms with E-state index in [1.165, 1.54) is 11.3 Å². The van der Waals surface area contributed by atoms with Gasteiger partial charge in [0.15, 0.2) is 0 Å². The summed E-state index contributed by atoms with van der Waals surface area (Å²) in [4.78, 5) is 24.3. The van der Waals surface area contributed by atoms with Gasteiger partial charge < -0.3 is 15.1 Å². The fraction of sp³-hybridized carbons (Fsp3) is 0.333. The van der Waals surface area contributed by atoms with Gasteiger partial charge in [-0.2, -0.15) is 0 Å². The molecule has 7 nitrogen and oxygen atoms in total. The average Bonchev–Trinajstić information content (AvgIpc) is 3.35. The number of aryl methyl sites for hydroxylation is 2. The van der Waals surface area contributed by atoms with E-state index in [-0.39, 0.29) is 17.9 Å². The van der Waals surface area contributed by atoms with Crippen molar-refractivity contribution in [1.82, 2.24) is 15.5 Å². The van der Waals surface area contributed by atoms with Gasteiger partial charge in [0, 0.05) is 31.0 Å². The minimum atomic E-state index is -0.276. The van der Waals surface area contributed by atoms with E-state index in [1.807, 2.05) is 50.2 Å². The lowest BCUT2D eigenvalue weighted by molar-refractivity contribution is -0.121. The van der Waals surface area contributed by atoms with Gasteiger partial charge in [0.25, 0.3) is 5.91 Å². The number of nitrogens with zero attached hydrogens (tertiary/aromatic N) is 2. The van der Waals surface area contributed by atoms with Gasteiger partial charge in [0.05, 0.1) is 6.26 Å². The lowest BCUT2D eigenvalue weighted by atomic mass is 10.1. The van der Waals surface area contributed by atoms with Gasteiger partial charge in [-0.15, -0.1) is 10.2 Å². The quantitative estimate of drug-likeness (QED) is 0.558. The van der Waals surface area contributed by atoms with Crippen LogP contribution in [0.4, 0.5) is 5.69 Å². The van der Waals surface area contributed by atoms with Crippen LogP contribution in [0, 0.1) is 6.92 Å². The molecule has 0 saturated carbocycles. The Hall–Kier alpha value is -3.00. The van der Waals surface area contributed by atoms with E-state index in [0.29, 0.717) is 30.7 Å². The highest BCUT2D eigenvalue weighted by Gasteiger charge is 2.14. The molecule has 0 aliphatic heterocycles. The minimum absolute atomic E-state index is 0.00671. The van der Waals surface area contributed by atoms with Crippen molar-refractivity contribution in [3.63, 3.8) is 0 Å². The molecule has 0 aliphatic carbocycles. The van der Waals surface area contributed by atoms with Crippen LogP contribution in [0.3, 0.4) is 0 Å². The van der Waals surface area contributed by atoms with Gasteiger partial charge >= 0.3 is 0 Å². The molecule has 8 heteroatoms. The Labute approximate surface area is 173 Å². The molecule has 0 radical (unpaired) electrons. The number of benzene rings is 1. The molecule has 2 amide bonds. The maximum absolute atomic E-state index is 12.3. The fourth-order valence-corrected chi connectivity index (χ4v) is 3.57. The molecule has 1 unspecified atom stereocenters. The smallest absolute Gasteiger partial charge is 0.286 e. The number of carbonyl (C=O) groups excluding carboxylic acids is 2. The number of carbonyl (C=O) groups is 2. The summed E-state index contributed by atoms with van der Waals surface area (Å²) in [6.07, 6.45) is 3.94. The molecule has 152 valence electrons. The van der Waals surface area contributed by atoms with Crippen molar-refractivity contribution in [1.29, 1.82) is 0 Å². The summed E-state index contributed by atoms with van der Waals surface area (Å²) in [7, 11) is 0. The molecule has 2 N–H and O–H groups in total. The molecular formula is C21H24N4O3S. The van der Waals surface area contributed by atoms with E-state index < -0.39 is 0 Å². The monoisotopic (exact) mass is 412 g/mol. The SMILES string of the molecule is Cc1ccc(NC(=O)c2nnc(CCCC(=O)NC(C)Cc3ccco3)s2)cc1. The second kappa shape index (κ2) is 9.97. The minimum Gasteiger partial charge on any atom is -0.469 e. The van der Waals surface area contributed by atoms with E-state index in [2.05, 4.69) is 20.8 Å². The van der Waals surface area contributed by atoms with Crippen molar-refractivity contribution in [3.8, 4) is 0 Å². The Kier molecular flexibility index (Phi) is 7.13. The maximum atomic E-state index is 12.3. The van der Waals surface area contributed by atoms with Crippen LogP contribution in [0.1, 0.15) is 45.9 Å². The predicted molar refractivity (Wildman–Crippen MR) is 112 cm³/mol. The van der Waals surface area contributed by atoms with Gasteiger partial charge in [-0.1, -0.05) is 29.0 Å². The first-order chi connectivity index (χ1) is 14.0. The first-order valence-electron chi connectivity index (χ1n) is 9.52. The summed E-state index contributed by atoms with van der Waals surface area (Å²) in [6, 6.07) is 11.3. The number of anilines is 1. The maximum Gasteiger partial charge on any atom is 0.286 e. The van der Waals surface area contributed by atoms with Crippen LogP contribution < -0.4 is 10.6 Å². The fourth-order valence-electron chi connectivity index (χ4n) is 2.80. The van der Waals surface area contributed by atoms with Crippen LogP contribution in [-0.4, -0.2) is 28.1 Å². The number of hydrogen-bond acceptors (Lipinski definition) is 6. The molecule has 2 aromatic heterocycles. The van der Waals surface area contributed by atoms with E-state index in [1.54, 1.807) is 6.26 Å². The van der Waals surface area contributed by atoms with E-state index >= 15 is 0 Å². The summed E-state index contributed by atoms with van der Waals surface area (Å²) < 4.78 is 5.29. The Morgan fingerprint density at radius 2 is 1.97 bits per heavy atom. The molecule has 3 aromatic rings. The molecule has 2 heterocycles. The first-order valence-corrected chi connectivity index (χ1v) is 10.3. The third kappa shape index (κ3) is 6.53. The molecule has 0 saturated heterocycles. The molecule has 1 aromatic carbocycles. The van der Waals surface area contributed by atoms with Crippen molar-refractivity contribution in [2.75, 3.05) is 5.32 Å². The van der Waals surface area contributed by atoms with Crippen LogP contribution in [0.5, 0.6) is 0 Å². The molecule has 0 bridgehead atoms. The topological polar surface area (TPSA) is 97.1 Å². The van der Waals surface area contributed by atoms with Gasteiger partial charge in [-0.05, 0) is 44.5 Å². The van der Waals surface area contributed by atoms with Crippen LogP contribution in [0.25, 0.3) is 0 Å². The third-order valence-corrected chi connectivity index (χ3v) is 5.24. The number of hydrogen-bond donors (Lipinski definition) is 2. The van der Waals surface area contributed by atoms with Crippen molar-refractivity contribution in [2.24, 2.45) is 0 Å². The predicted octanol–water partition coefficient (Wildman–Crippen LogP) is 3.76. The second-order valence-electron chi connectivity index (χ2n) is 6.93. The normalized spacial score (nSPS) is 11.8. The van der Waals surface area contributed by atoms with Crippen molar-refractivity contribution in [3.05, 3.63) is 64.0 Å². The molecular weight excluding hydrogens is 388 g/mol. The van der Waals surface area contributed by atoms with Gasteiger partial charge in [0.2, 0.25) is 10.9 Å². The Morgan fingerprint density at radius 3 is 2.69 bits per heavy atom.